The van der Waals surface area contributed by atoms with Crippen molar-refractivity contribution in [3.05, 3.63) is 34.4 Å². The molecule has 0 aromatic heterocycles. The van der Waals surface area contributed by atoms with Crippen molar-refractivity contribution in [2.75, 3.05) is 7.11 Å². The summed E-state index contributed by atoms with van der Waals surface area (Å²) in [5.74, 6) is -1.04. The molecule has 1 aromatic rings. The van der Waals surface area contributed by atoms with E-state index in [1.54, 1.807) is 6.07 Å². The highest BCUT2D eigenvalue weighted by molar-refractivity contribution is 6.00. The maximum Gasteiger partial charge on any atom is 0.339 e. The van der Waals surface area contributed by atoms with E-state index in [4.69, 9.17) is 5.26 Å². The minimum absolute atomic E-state index is 0.116. The van der Waals surface area contributed by atoms with Crippen LogP contribution in [0.25, 0.3) is 0 Å². The Morgan fingerprint density at radius 2 is 2.18 bits per heavy atom. The van der Waals surface area contributed by atoms with Gasteiger partial charge in [-0.1, -0.05) is 0 Å². The summed E-state index contributed by atoms with van der Waals surface area (Å²) >= 11 is 0. The molecule has 1 rings (SSSR count). The number of hydrogen-bond acceptors (Lipinski definition) is 4. The van der Waals surface area contributed by atoms with Crippen LogP contribution in [0.3, 0.4) is 0 Å². The van der Waals surface area contributed by atoms with Gasteiger partial charge in [-0.15, -0.1) is 0 Å². The predicted octanol–water partition coefficient (Wildman–Crippen LogP) is 2.09. The lowest BCUT2D eigenvalue weighted by molar-refractivity contribution is 0.0587. The average Bonchev–Trinajstić information content (AvgIpc) is 2.35. The number of carbonyl (C=O) groups is 2. The number of hydrogen-bond donors (Lipinski definition) is 0. The Hall–Kier alpha value is -2.29. The molecule has 6 heteroatoms. The maximum atomic E-state index is 12.7. The van der Waals surface area contributed by atoms with E-state index in [1.165, 1.54) is 0 Å². The largest absolute Gasteiger partial charge is 0.465 e. The number of benzene rings is 1. The summed E-state index contributed by atoms with van der Waals surface area (Å²) in [6.07, 6.45) is -2.74. The highest BCUT2D eigenvalue weighted by atomic mass is 19.3. The second-order valence-electron chi connectivity index (χ2n) is 3.05. The van der Waals surface area contributed by atoms with Gasteiger partial charge in [0.1, 0.15) is 0 Å². The number of esters is 1. The van der Waals surface area contributed by atoms with Crippen LogP contribution in [-0.2, 0) is 4.74 Å². The SMILES string of the molecule is COC(=O)c1c(C=O)cc(C#N)cc1C(F)F. The third kappa shape index (κ3) is 2.45. The quantitative estimate of drug-likeness (QED) is 0.598. The fourth-order valence-electron chi connectivity index (χ4n) is 1.36. The van der Waals surface area contributed by atoms with E-state index in [2.05, 4.69) is 4.74 Å². The van der Waals surface area contributed by atoms with Crippen molar-refractivity contribution in [1.82, 2.24) is 0 Å². The molecule has 1 aromatic carbocycles. The molecule has 0 saturated heterocycles. The van der Waals surface area contributed by atoms with Gasteiger partial charge in [-0.05, 0) is 12.1 Å². The van der Waals surface area contributed by atoms with Crippen LogP contribution in [0.5, 0.6) is 0 Å². The smallest absolute Gasteiger partial charge is 0.339 e. The Bertz CT molecular complexity index is 506. The lowest BCUT2D eigenvalue weighted by Gasteiger charge is -2.09. The number of aldehydes is 1. The lowest BCUT2D eigenvalue weighted by Crippen LogP contribution is -2.10. The van der Waals surface area contributed by atoms with Gasteiger partial charge in [0.05, 0.1) is 24.3 Å². The number of nitriles is 1. The van der Waals surface area contributed by atoms with Crippen molar-refractivity contribution < 1.29 is 23.1 Å². The van der Waals surface area contributed by atoms with Crippen LogP contribution in [0.2, 0.25) is 0 Å². The van der Waals surface area contributed by atoms with Crippen LogP contribution in [0.1, 0.15) is 38.3 Å². The number of halogens is 2. The fourth-order valence-corrected chi connectivity index (χ4v) is 1.36. The van der Waals surface area contributed by atoms with Crippen molar-refractivity contribution in [1.29, 1.82) is 5.26 Å². The van der Waals surface area contributed by atoms with Gasteiger partial charge in [0.25, 0.3) is 6.43 Å². The van der Waals surface area contributed by atoms with Gasteiger partial charge in [-0.2, -0.15) is 5.26 Å². The number of rotatable bonds is 3. The summed E-state index contributed by atoms with van der Waals surface area (Å²) in [6.45, 7) is 0. The van der Waals surface area contributed by atoms with Crippen molar-refractivity contribution in [2.24, 2.45) is 0 Å². The normalized spacial score (nSPS) is 9.82. The summed E-state index contributed by atoms with van der Waals surface area (Å²) in [7, 11) is 1.02. The van der Waals surface area contributed by atoms with Gasteiger partial charge < -0.3 is 4.74 Å². The Balaban J connectivity index is 3.59. The summed E-state index contributed by atoms with van der Waals surface area (Å²) in [6, 6.07) is 3.56. The first kappa shape index (κ1) is 12.8. The van der Waals surface area contributed by atoms with Gasteiger partial charge >= 0.3 is 5.97 Å². The van der Waals surface area contributed by atoms with Crippen molar-refractivity contribution in [2.45, 2.75) is 6.43 Å². The molecule has 88 valence electrons. The highest BCUT2D eigenvalue weighted by Gasteiger charge is 2.23. The molecule has 0 aliphatic carbocycles. The Morgan fingerprint density at radius 1 is 1.53 bits per heavy atom. The van der Waals surface area contributed by atoms with E-state index in [9.17, 15) is 18.4 Å². The first-order valence-corrected chi connectivity index (χ1v) is 4.44. The lowest BCUT2D eigenvalue weighted by atomic mass is 9.98. The van der Waals surface area contributed by atoms with Crippen molar-refractivity contribution in [3.8, 4) is 6.07 Å². The third-order valence-electron chi connectivity index (χ3n) is 2.08. The molecule has 17 heavy (non-hydrogen) atoms. The van der Waals surface area contributed by atoms with Gasteiger partial charge in [-0.25, -0.2) is 13.6 Å². The van der Waals surface area contributed by atoms with Crippen LogP contribution >= 0.6 is 0 Å². The standard InChI is InChI=1S/C11H7F2NO3/c1-17-11(16)9-7(5-15)2-6(4-14)3-8(9)10(12)13/h2-3,5,10H,1H3. The Kier molecular flexibility index (Phi) is 3.88. The molecule has 0 N–H and O–H groups in total. The number of carbonyl (C=O) groups excluding carboxylic acids is 2. The topological polar surface area (TPSA) is 67.2 Å². The van der Waals surface area contributed by atoms with E-state index in [1.807, 2.05) is 0 Å². The van der Waals surface area contributed by atoms with E-state index in [-0.39, 0.29) is 17.4 Å². The molecule has 0 aliphatic rings. The second kappa shape index (κ2) is 5.16. The molecule has 0 bridgehead atoms. The molecule has 0 radical (unpaired) electrons. The molecule has 0 fully saturated rings. The molecular formula is C11H7F2NO3. The van der Waals surface area contributed by atoms with Gasteiger partial charge in [0, 0.05) is 11.1 Å². The van der Waals surface area contributed by atoms with Crippen LogP contribution in [0, 0.1) is 11.3 Å². The monoisotopic (exact) mass is 239 g/mol. The van der Waals surface area contributed by atoms with E-state index >= 15 is 0 Å². The maximum absolute atomic E-state index is 12.7. The fraction of sp³-hybridized carbons (Fsp3) is 0.182. The predicted molar refractivity (Wildman–Crippen MR) is 52.8 cm³/mol. The number of ether oxygens (including phenoxy) is 1. The van der Waals surface area contributed by atoms with Gasteiger partial charge in [0.2, 0.25) is 0 Å². The first-order chi connectivity index (χ1) is 8.04. The summed E-state index contributed by atoms with van der Waals surface area (Å²) in [5.41, 5.74) is -1.59. The van der Waals surface area contributed by atoms with E-state index < -0.39 is 23.5 Å². The van der Waals surface area contributed by atoms with Crippen LogP contribution in [-0.4, -0.2) is 19.4 Å². The molecule has 0 unspecified atom stereocenters. The van der Waals surface area contributed by atoms with Crippen molar-refractivity contribution in [3.63, 3.8) is 0 Å². The molecule has 0 aliphatic heterocycles. The Labute approximate surface area is 95.4 Å². The molecule has 4 nitrogen and oxygen atoms in total. The Morgan fingerprint density at radius 3 is 2.59 bits per heavy atom. The van der Waals surface area contributed by atoms with Crippen LogP contribution in [0.15, 0.2) is 12.1 Å². The summed E-state index contributed by atoms with van der Waals surface area (Å²) in [5, 5.41) is 8.62. The minimum atomic E-state index is -2.98. The zero-order valence-electron chi connectivity index (χ0n) is 8.74. The van der Waals surface area contributed by atoms with E-state index in [0.717, 1.165) is 19.2 Å². The first-order valence-electron chi connectivity index (χ1n) is 4.44. The van der Waals surface area contributed by atoms with E-state index in [0.29, 0.717) is 0 Å². The zero-order chi connectivity index (χ0) is 13.0. The van der Waals surface area contributed by atoms with Crippen LogP contribution < -0.4 is 0 Å². The summed E-state index contributed by atoms with van der Waals surface area (Å²) < 4.78 is 29.8. The van der Waals surface area contributed by atoms with Crippen LogP contribution in [0.4, 0.5) is 8.78 Å². The molecule has 0 saturated carbocycles. The summed E-state index contributed by atoms with van der Waals surface area (Å²) in [4.78, 5) is 22.0. The molecular weight excluding hydrogens is 232 g/mol. The number of nitrogens with zero attached hydrogens (tertiary/aromatic N) is 1. The average molecular weight is 239 g/mol. The third-order valence-corrected chi connectivity index (χ3v) is 2.08. The van der Waals surface area contributed by atoms with Gasteiger partial charge in [-0.3, -0.25) is 4.79 Å². The van der Waals surface area contributed by atoms with Gasteiger partial charge in [0.15, 0.2) is 6.29 Å². The molecule has 0 spiro atoms. The molecule has 0 atom stereocenters. The minimum Gasteiger partial charge on any atom is -0.465 e. The molecule has 0 amide bonds. The number of methoxy groups -OCH3 is 1. The zero-order valence-corrected chi connectivity index (χ0v) is 8.74. The highest BCUT2D eigenvalue weighted by Crippen LogP contribution is 2.27. The van der Waals surface area contributed by atoms with Crippen molar-refractivity contribution >= 4 is 12.3 Å². The number of alkyl halides is 2. The second-order valence-corrected chi connectivity index (χ2v) is 3.05. The molecule has 0 heterocycles.